The fraction of sp³-hybridized carbons (Fsp3) is 0.526. The van der Waals surface area contributed by atoms with Gasteiger partial charge in [-0.3, -0.25) is 14.4 Å². The van der Waals surface area contributed by atoms with Crippen molar-refractivity contribution in [1.29, 1.82) is 0 Å². The fourth-order valence-electron chi connectivity index (χ4n) is 3.28. The number of amides is 2. The lowest BCUT2D eigenvalue weighted by atomic mass is 9.96. The van der Waals surface area contributed by atoms with Crippen molar-refractivity contribution >= 4 is 17.8 Å². The highest BCUT2D eigenvalue weighted by Crippen LogP contribution is 2.23. The van der Waals surface area contributed by atoms with Gasteiger partial charge in [0.05, 0.1) is 0 Å². The Labute approximate surface area is 147 Å². The zero-order valence-corrected chi connectivity index (χ0v) is 14.2. The maximum Gasteiger partial charge on any atom is 0.303 e. The van der Waals surface area contributed by atoms with Crippen LogP contribution < -0.4 is 5.32 Å². The van der Waals surface area contributed by atoms with Crippen LogP contribution >= 0.6 is 0 Å². The van der Waals surface area contributed by atoms with E-state index < -0.39 is 5.97 Å². The van der Waals surface area contributed by atoms with E-state index >= 15 is 0 Å². The molecule has 1 aromatic carbocycles. The van der Waals surface area contributed by atoms with Gasteiger partial charge in [0.15, 0.2) is 0 Å². The number of piperidine rings is 1. The van der Waals surface area contributed by atoms with Crippen LogP contribution in [-0.2, 0) is 4.79 Å². The van der Waals surface area contributed by atoms with Gasteiger partial charge >= 0.3 is 5.97 Å². The van der Waals surface area contributed by atoms with E-state index in [9.17, 15) is 14.4 Å². The molecule has 2 fully saturated rings. The van der Waals surface area contributed by atoms with E-state index in [-0.39, 0.29) is 24.3 Å². The molecular weight excluding hydrogens is 320 g/mol. The molecule has 0 bridgehead atoms. The third-order valence-electron chi connectivity index (χ3n) is 4.89. The average molecular weight is 344 g/mol. The van der Waals surface area contributed by atoms with E-state index in [2.05, 4.69) is 5.32 Å². The van der Waals surface area contributed by atoms with Crippen LogP contribution in [0, 0.1) is 0 Å². The first-order valence-corrected chi connectivity index (χ1v) is 8.98. The Morgan fingerprint density at radius 3 is 2.36 bits per heavy atom. The summed E-state index contributed by atoms with van der Waals surface area (Å²) in [7, 11) is 0. The molecule has 0 aromatic heterocycles. The van der Waals surface area contributed by atoms with Crippen LogP contribution in [0.25, 0.3) is 0 Å². The molecule has 0 radical (unpaired) electrons. The summed E-state index contributed by atoms with van der Waals surface area (Å²) in [6.07, 6.45) is 5.45. The summed E-state index contributed by atoms with van der Waals surface area (Å²) < 4.78 is 0. The van der Waals surface area contributed by atoms with Crippen LogP contribution in [0.3, 0.4) is 0 Å². The number of aliphatic carboxylic acids is 1. The fourth-order valence-corrected chi connectivity index (χ4v) is 3.28. The summed E-state index contributed by atoms with van der Waals surface area (Å²) >= 11 is 0. The number of rotatable bonds is 6. The Bertz CT molecular complexity index is 652. The van der Waals surface area contributed by atoms with Crippen molar-refractivity contribution in [1.82, 2.24) is 10.2 Å². The highest BCUT2D eigenvalue weighted by atomic mass is 16.4. The summed E-state index contributed by atoms with van der Waals surface area (Å²) in [5, 5.41) is 11.8. The zero-order chi connectivity index (χ0) is 17.8. The Morgan fingerprint density at radius 1 is 1.04 bits per heavy atom. The summed E-state index contributed by atoms with van der Waals surface area (Å²) in [5.41, 5.74) is 1.11. The molecule has 134 valence electrons. The van der Waals surface area contributed by atoms with Gasteiger partial charge in [-0.2, -0.15) is 0 Å². The monoisotopic (exact) mass is 344 g/mol. The molecular formula is C19H24N2O4. The lowest BCUT2D eigenvalue weighted by molar-refractivity contribution is -0.137. The molecule has 3 rings (SSSR count). The highest BCUT2D eigenvalue weighted by Gasteiger charge is 2.28. The third kappa shape index (κ3) is 4.59. The van der Waals surface area contributed by atoms with Crippen molar-refractivity contribution in [2.45, 2.75) is 57.0 Å². The lowest BCUT2D eigenvalue weighted by Gasteiger charge is -2.35. The van der Waals surface area contributed by atoms with E-state index in [4.69, 9.17) is 5.11 Å². The molecule has 1 aromatic rings. The number of nitrogens with zero attached hydrogens (tertiary/aromatic N) is 1. The summed E-state index contributed by atoms with van der Waals surface area (Å²) in [6.45, 7) is 0.660. The number of hydrogen-bond donors (Lipinski definition) is 2. The number of carbonyl (C=O) groups is 3. The van der Waals surface area contributed by atoms with E-state index in [1.807, 2.05) is 0 Å². The van der Waals surface area contributed by atoms with Gasteiger partial charge in [0.1, 0.15) is 0 Å². The smallest absolute Gasteiger partial charge is 0.303 e. The first-order valence-electron chi connectivity index (χ1n) is 8.98. The van der Waals surface area contributed by atoms with Crippen molar-refractivity contribution in [2.75, 3.05) is 6.54 Å². The van der Waals surface area contributed by atoms with E-state index in [0.29, 0.717) is 30.1 Å². The molecule has 25 heavy (non-hydrogen) atoms. The quantitative estimate of drug-likeness (QED) is 0.830. The van der Waals surface area contributed by atoms with Crippen LogP contribution in [0.4, 0.5) is 0 Å². The summed E-state index contributed by atoms with van der Waals surface area (Å²) in [6, 6.07) is 7.02. The molecule has 2 aliphatic rings. The Kier molecular flexibility index (Phi) is 5.36. The molecule has 1 heterocycles. The Hall–Kier alpha value is -2.37. The van der Waals surface area contributed by atoms with Crippen LogP contribution in [0.1, 0.15) is 65.7 Å². The van der Waals surface area contributed by atoms with Crippen LogP contribution in [0.5, 0.6) is 0 Å². The van der Waals surface area contributed by atoms with Crippen molar-refractivity contribution < 1.29 is 19.5 Å². The second kappa shape index (κ2) is 7.68. The van der Waals surface area contributed by atoms with Crippen LogP contribution in [0.2, 0.25) is 0 Å². The number of carboxylic acids is 1. The minimum atomic E-state index is -0.830. The van der Waals surface area contributed by atoms with Gasteiger partial charge in [-0.1, -0.05) is 0 Å². The zero-order valence-electron chi connectivity index (χ0n) is 14.2. The second-order valence-electron chi connectivity index (χ2n) is 6.91. The minimum Gasteiger partial charge on any atom is -0.481 e. The lowest BCUT2D eigenvalue weighted by Crippen LogP contribution is -2.44. The van der Waals surface area contributed by atoms with E-state index in [1.54, 1.807) is 29.2 Å². The minimum absolute atomic E-state index is 0.0183. The van der Waals surface area contributed by atoms with Crippen molar-refractivity contribution in [3.63, 3.8) is 0 Å². The molecule has 1 unspecified atom stereocenters. The van der Waals surface area contributed by atoms with E-state index in [1.165, 1.54) is 0 Å². The Balaban J connectivity index is 1.65. The molecule has 6 nitrogen and oxygen atoms in total. The van der Waals surface area contributed by atoms with Gasteiger partial charge in [0, 0.05) is 36.2 Å². The second-order valence-corrected chi connectivity index (χ2v) is 6.91. The SMILES string of the molecule is O=C(O)CCC1CCCCN1C(=O)c1ccc(C(=O)NC2CC2)cc1. The predicted molar refractivity (Wildman–Crippen MR) is 92.5 cm³/mol. The molecule has 2 amide bonds. The van der Waals surface area contributed by atoms with Gasteiger partial charge in [-0.15, -0.1) is 0 Å². The molecule has 2 N–H and O–H groups in total. The molecule has 1 saturated carbocycles. The number of likely N-dealkylation sites (tertiary alicyclic amines) is 1. The standard InChI is InChI=1S/C19H24N2O4/c22-17(23)11-10-16-3-1-2-12-21(16)19(25)14-6-4-13(5-7-14)18(24)20-15-8-9-15/h4-7,15-16H,1-3,8-12H2,(H,20,24)(H,22,23). The number of carbonyl (C=O) groups excluding carboxylic acids is 2. The number of nitrogens with one attached hydrogen (secondary N) is 1. The highest BCUT2D eigenvalue weighted by molar-refractivity contribution is 5.98. The first-order chi connectivity index (χ1) is 12.0. The maximum absolute atomic E-state index is 12.8. The largest absolute Gasteiger partial charge is 0.481 e. The van der Waals surface area contributed by atoms with Crippen molar-refractivity contribution in [3.8, 4) is 0 Å². The summed E-state index contributed by atoms with van der Waals surface area (Å²) in [4.78, 5) is 37.4. The summed E-state index contributed by atoms with van der Waals surface area (Å²) in [5.74, 6) is -1.01. The topological polar surface area (TPSA) is 86.7 Å². The first kappa shape index (κ1) is 17.5. The molecule has 6 heteroatoms. The number of carboxylic acid groups (broad SMARTS) is 1. The van der Waals surface area contributed by atoms with Gasteiger partial charge in [-0.25, -0.2) is 0 Å². The molecule has 0 spiro atoms. The predicted octanol–water partition coefficient (Wildman–Crippen LogP) is 2.44. The molecule has 1 atom stereocenters. The van der Waals surface area contributed by atoms with Gasteiger partial charge in [-0.05, 0) is 62.8 Å². The molecule has 1 aliphatic heterocycles. The molecule has 1 aliphatic carbocycles. The Morgan fingerprint density at radius 2 is 1.72 bits per heavy atom. The van der Waals surface area contributed by atoms with Gasteiger partial charge in [0.25, 0.3) is 11.8 Å². The van der Waals surface area contributed by atoms with Crippen LogP contribution in [-0.4, -0.2) is 46.4 Å². The van der Waals surface area contributed by atoms with Crippen molar-refractivity contribution in [3.05, 3.63) is 35.4 Å². The third-order valence-corrected chi connectivity index (χ3v) is 4.89. The normalized spacial score (nSPS) is 20.2. The van der Waals surface area contributed by atoms with Gasteiger partial charge in [0.2, 0.25) is 0 Å². The van der Waals surface area contributed by atoms with E-state index in [0.717, 1.165) is 32.1 Å². The molecule has 1 saturated heterocycles. The average Bonchev–Trinajstić information content (AvgIpc) is 3.43. The van der Waals surface area contributed by atoms with Gasteiger partial charge < -0.3 is 15.3 Å². The number of benzene rings is 1. The number of hydrogen-bond acceptors (Lipinski definition) is 3. The van der Waals surface area contributed by atoms with Crippen molar-refractivity contribution in [2.24, 2.45) is 0 Å². The van der Waals surface area contributed by atoms with Crippen LogP contribution in [0.15, 0.2) is 24.3 Å². The maximum atomic E-state index is 12.8.